The Morgan fingerprint density at radius 1 is 0.759 bits per heavy atom. The van der Waals surface area contributed by atoms with Gasteiger partial charge in [0, 0.05) is 12.0 Å². The number of anilines is 1. The average molecular weight is 400 g/mol. The van der Waals surface area contributed by atoms with Gasteiger partial charge in [-0.2, -0.15) is 0 Å². The summed E-state index contributed by atoms with van der Waals surface area (Å²) in [5.74, 6) is -0.170. The van der Waals surface area contributed by atoms with Gasteiger partial charge < -0.3 is 0 Å². The first-order chi connectivity index (χ1) is 14.3. The summed E-state index contributed by atoms with van der Waals surface area (Å²) in [5, 5.41) is 12.6. The predicted octanol–water partition coefficient (Wildman–Crippen LogP) is 5.63. The zero-order chi connectivity index (χ0) is 19.9. The molecule has 0 aliphatic heterocycles. The van der Waals surface area contributed by atoms with E-state index in [-0.39, 0.29) is 5.91 Å². The summed E-state index contributed by atoms with van der Waals surface area (Å²) < 4.78 is 0. The molecule has 29 heavy (non-hydrogen) atoms. The number of rotatable bonds is 7. The van der Waals surface area contributed by atoms with E-state index in [0.717, 1.165) is 35.4 Å². The summed E-state index contributed by atoms with van der Waals surface area (Å²) in [5.41, 5.74) is 4.14. The molecular weight excluding hydrogens is 378 g/mol. The number of hydrogen-bond acceptors (Lipinski definition) is 4. The number of nitrogens with one attached hydrogen (secondary N) is 1. The molecule has 0 atom stereocenters. The number of carbonyl (C=O) groups is 1. The average Bonchev–Trinajstić information content (AvgIpc) is 3.22. The second-order valence-corrected chi connectivity index (χ2v) is 7.80. The van der Waals surface area contributed by atoms with Crippen molar-refractivity contribution in [1.29, 1.82) is 0 Å². The van der Waals surface area contributed by atoms with Crippen LogP contribution in [0.2, 0.25) is 0 Å². The molecule has 0 aliphatic carbocycles. The van der Waals surface area contributed by atoms with Crippen LogP contribution in [0.3, 0.4) is 0 Å². The van der Waals surface area contributed by atoms with E-state index in [1.165, 1.54) is 16.9 Å². The van der Waals surface area contributed by atoms with Crippen molar-refractivity contribution in [1.82, 2.24) is 10.2 Å². The van der Waals surface area contributed by atoms with Crippen LogP contribution in [-0.2, 0) is 12.8 Å². The van der Waals surface area contributed by atoms with Gasteiger partial charge in [-0.25, -0.2) is 0 Å². The van der Waals surface area contributed by atoms with Crippen molar-refractivity contribution in [3.63, 3.8) is 0 Å². The highest BCUT2D eigenvalue weighted by Crippen LogP contribution is 2.21. The van der Waals surface area contributed by atoms with Gasteiger partial charge in [0.25, 0.3) is 5.91 Å². The fourth-order valence-corrected chi connectivity index (χ4v) is 3.88. The largest absolute Gasteiger partial charge is 0.296 e. The van der Waals surface area contributed by atoms with Crippen molar-refractivity contribution < 1.29 is 4.79 Å². The molecular formula is C24H21N3OS. The quantitative estimate of drug-likeness (QED) is 0.438. The maximum Gasteiger partial charge on any atom is 0.257 e. The van der Waals surface area contributed by atoms with Crippen LogP contribution in [-0.4, -0.2) is 16.1 Å². The fraction of sp³-hybridized carbons (Fsp3) is 0.125. The zero-order valence-electron chi connectivity index (χ0n) is 15.9. The van der Waals surface area contributed by atoms with Crippen LogP contribution in [0.1, 0.15) is 27.3 Å². The maximum atomic E-state index is 12.5. The highest BCUT2D eigenvalue weighted by atomic mass is 32.1. The lowest BCUT2D eigenvalue weighted by Crippen LogP contribution is -2.11. The van der Waals surface area contributed by atoms with Gasteiger partial charge >= 0.3 is 0 Å². The second-order valence-electron chi connectivity index (χ2n) is 6.74. The first-order valence-corrected chi connectivity index (χ1v) is 10.4. The van der Waals surface area contributed by atoms with Crippen LogP contribution in [0.25, 0.3) is 11.1 Å². The van der Waals surface area contributed by atoms with Gasteiger partial charge in [0.2, 0.25) is 5.13 Å². The van der Waals surface area contributed by atoms with Crippen molar-refractivity contribution in [3.05, 3.63) is 101 Å². The molecule has 0 unspecified atom stereocenters. The van der Waals surface area contributed by atoms with Gasteiger partial charge in [-0.3, -0.25) is 10.1 Å². The lowest BCUT2D eigenvalue weighted by Gasteiger charge is -2.04. The van der Waals surface area contributed by atoms with Crippen molar-refractivity contribution in [2.24, 2.45) is 0 Å². The van der Waals surface area contributed by atoms with Gasteiger partial charge in [-0.15, -0.1) is 10.2 Å². The third-order valence-electron chi connectivity index (χ3n) is 4.64. The normalized spacial score (nSPS) is 10.6. The monoisotopic (exact) mass is 399 g/mol. The van der Waals surface area contributed by atoms with E-state index in [1.54, 1.807) is 0 Å². The van der Waals surface area contributed by atoms with Crippen molar-refractivity contribution >= 4 is 22.4 Å². The number of carbonyl (C=O) groups excluding carboxylic acids is 1. The van der Waals surface area contributed by atoms with E-state index < -0.39 is 0 Å². The van der Waals surface area contributed by atoms with Crippen molar-refractivity contribution in [3.8, 4) is 11.1 Å². The van der Waals surface area contributed by atoms with Gasteiger partial charge in [-0.1, -0.05) is 84.1 Å². The van der Waals surface area contributed by atoms with E-state index in [4.69, 9.17) is 0 Å². The lowest BCUT2D eigenvalue weighted by molar-refractivity contribution is 0.102. The smallest absolute Gasteiger partial charge is 0.257 e. The molecule has 0 radical (unpaired) electrons. The molecule has 144 valence electrons. The molecule has 0 spiro atoms. The van der Waals surface area contributed by atoms with Gasteiger partial charge in [-0.05, 0) is 41.7 Å². The molecule has 1 amide bonds. The number of nitrogens with zero attached hydrogens (tertiary/aromatic N) is 2. The Morgan fingerprint density at radius 2 is 1.41 bits per heavy atom. The summed E-state index contributed by atoms with van der Waals surface area (Å²) in [6, 6.07) is 28.1. The molecule has 1 heterocycles. The molecule has 0 saturated heterocycles. The van der Waals surface area contributed by atoms with Gasteiger partial charge in [0.1, 0.15) is 5.01 Å². The Kier molecular flexibility index (Phi) is 6.07. The van der Waals surface area contributed by atoms with Crippen molar-refractivity contribution in [2.75, 3.05) is 5.32 Å². The molecule has 0 saturated carbocycles. The minimum Gasteiger partial charge on any atom is -0.296 e. The summed E-state index contributed by atoms with van der Waals surface area (Å²) in [6.07, 6.45) is 2.87. The fourth-order valence-electron chi connectivity index (χ4n) is 3.11. The second kappa shape index (κ2) is 9.26. The lowest BCUT2D eigenvalue weighted by atomic mass is 10.0. The molecule has 4 aromatic rings. The highest BCUT2D eigenvalue weighted by molar-refractivity contribution is 7.15. The number of hydrogen-bond donors (Lipinski definition) is 1. The third kappa shape index (κ3) is 5.15. The first kappa shape index (κ1) is 19.0. The van der Waals surface area contributed by atoms with Crippen LogP contribution in [0.4, 0.5) is 5.13 Å². The molecule has 0 bridgehead atoms. The standard InChI is InChI=1S/C24H21N3OS/c28-23(21-16-14-20(15-17-21)19-11-5-2-6-12-19)25-24-27-26-22(29-24)13-7-10-18-8-3-1-4-9-18/h1-6,8-9,11-12,14-17H,7,10,13H2,(H,25,27,28). The van der Waals surface area contributed by atoms with Crippen LogP contribution >= 0.6 is 11.3 Å². The van der Waals surface area contributed by atoms with E-state index in [2.05, 4.69) is 51.9 Å². The SMILES string of the molecule is O=C(Nc1nnc(CCCc2ccccc2)s1)c1ccc(-c2ccccc2)cc1. The number of aryl methyl sites for hydroxylation is 2. The number of aromatic nitrogens is 2. The predicted molar refractivity (Wildman–Crippen MR) is 118 cm³/mol. The van der Waals surface area contributed by atoms with E-state index in [1.807, 2.05) is 48.5 Å². The minimum atomic E-state index is -0.170. The zero-order valence-corrected chi connectivity index (χ0v) is 16.7. The summed E-state index contributed by atoms with van der Waals surface area (Å²) >= 11 is 1.44. The molecule has 0 fully saturated rings. The maximum absolute atomic E-state index is 12.5. The van der Waals surface area contributed by atoms with E-state index in [0.29, 0.717) is 10.7 Å². The molecule has 0 aliphatic rings. The first-order valence-electron chi connectivity index (χ1n) is 9.61. The summed E-state index contributed by atoms with van der Waals surface area (Å²) in [4.78, 5) is 12.5. The Bertz CT molecular complexity index is 1060. The Hall–Kier alpha value is -3.31. The van der Waals surface area contributed by atoms with E-state index >= 15 is 0 Å². The molecule has 1 N–H and O–H groups in total. The van der Waals surface area contributed by atoms with Crippen molar-refractivity contribution in [2.45, 2.75) is 19.3 Å². The molecule has 3 aromatic carbocycles. The molecule has 4 nitrogen and oxygen atoms in total. The van der Waals surface area contributed by atoms with Crippen LogP contribution < -0.4 is 5.32 Å². The summed E-state index contributed by atoms with van der Waals surface area (Å²) in [7, 11) is 0. The van der Waals surface area contributed by atoms with Gasteiger partial charge in [0.05, 0.1) is 0 Å². The van der Waals surface area contributed by atoms with E-state index in [9.17, 15) is 4.79 Å². The summed E-state index contributed by atoms with van der Waals surface area (Å²) in [6.45, 7) is 0. The topological polar surface area (TPSA) is 54.9 Å². The molecule has 4 rings (SSSR count). The highest BCUT2D eigenvalue weighted by Gasteiger charge is 2.10. The number of amides is 1. The van der Waals surface area contributed by atoms with Crippen LogP contribution in [0, 0.1) is 0 Å². The van der Waals surface area contributed by atoms with Crippen LogP contribution in [0.5, 0.6) is 0 Å². The molecule has 1 aromatic heterocycles. The Morgan fingerprint density at radius 3 is 2.14 bits per heavy atom. The third-order valence-corrected chi connectivity index (χ3v) is 5.54. The number of benzene rings is 3. The van der Waals surface area contributed by atoms with Gasteiger partial charge in [0.15, 0.2) is 0 Å². The Balaban J connectivity index is 1.32. The minimum absolute atomic E-state index is 0.170. The molecule has 5 heteroatoms. The Labute approximate surface area is 174 Å². The van der Waals surface area contributed by atoms with Crippen LogP contribution in [0.15, 0.2) is 84.9 Å².